The van der Waals surface area contributed by atoms with Gasteiger partial charge in [-0.3, -0.25) is 9.59 Å². The number of benzene rings is 1. The summed E-state index contributed by atoms with van der Waals surface area (Å²) in [6.07, 6.45) is 0.613. The van der Waals surface area contributed by atoms with Crippen molar-refractivity contribution >= 4 is 23.5 Å². The average Bonchev–Trinajstić information content (AvgIpc) is 3.09. The lowest BCUT2D eigenvalue weighted by Gasteiger charge is -2.19. The third kappa shape index (κ3) is 6.21. The Hall–Kier alpha value is -2.68. The molecule has 0 radical (unpaired) electrons. The van der Waals surface area contributed by atoms with E-state index < -0.39 is 12.1 Å². The Labute approximate surface area is 157 Å². The van der Waals surface area contributed by atoms with Crippen LogP contribution >= 0.6 is 0 Å². The molecule has 1 aliphatic rings. The number of likely N-dealkylation sites (tertiary alicyclic amines) is 1. The molecule has 1 aliphatic heterocycles. The molecule has 1 fully saturated rings. The Morgan fingerprint density at radius 1 is 1.26 bits per heavy atom. The van der Waals surface area contributed by atoms with Gasteiger partial charge in [0.2, 0.25) is 11.8 Å². The molecule has 1 saturated heterocycles. The molecule has 1 aromatic rings. The number of halogens is 1. The lowest BCUT2D eigenvalue weighted by atomic mass is 10.1. The molecule has 9 heteroatoms. The zero-order chi connectivity index (χ0) is 20.0. The molecule has 0 bridgehead atoms. The van der Waals surface area contributed by atoms with E-state index in [1.807, 2.05) is 13.8 Å². The summed E-state index contributed by atoms with van der Waals surface area (Å²) in [4.78, 5) is 37.6. The number of anilines is 1. The van der Waals surface area contributed by atoms with Crippen LogP contribution in [0.1, 0.15) is 20.3 Å². The molecule has 148 valence electrons. The highest BCUT2D eigenvalue weighted by atomic mass is 19.1. The predicted octanol–water partition coefficient (Wildman–Crippen LogP) is 0.648. The van der Waals surface area contributed by atoms with Gasteiger partial charge in [0.15, 0.2) is 0 Å². The summed E-state index contributed by atoms with van der Waals surface area (Å²) in [6, 6.07) is 4.17. The quantitative estimate of drug-likeness (QED) is 0.580. The Morgan fingerprint density at radius 3 is 2.56 bits per heavy atom. The average molecular weight is 379 g/mol. The maximum absolute atomic E-state index is 12.9. The maximum atomic E-state index is 12.9. The SMILES string of the molecule is CC(C)[C@H](N)C(=O)NCC(=O)N1CCC(NC(=O)Nc2ccc(F)cc2)C1. The van der Waals surface area contributed by atoms with E-state index in [1.165, 1.54) is 24.3 Å². The molecule has 1 aromatic carbocycles. The highest BCUT2D eigenvalue weighted by Crippen LogP contribution is 2.11. The van der Waals surface area contributed by atoms with Gasteiger partial charge >= 0.3 is 6.03 Å². The van der Waals surface area contributed by atoms with Gasteiger partial charge in [0.05, 0.1) is 12.6 Å². The van der Waals surface area contributed by atoms with Crippen molar-refractivity contribution in [2.24, 2.45) is 11.7 Å². The lowest BCUT2D eigenvalue weighted by Crippen LogP contribution is -2.48. The number of rotatable bonds is 6. The standard InChI is InChI=1S/C18H26FN5O3/c1-11(2)16(20)17(26)21-9-15(25)24-8-7-14(10-24)23-18(27)22-13-5-3-12(19)4-6-13/h3-6,11,14,16H,7-10,20H2,1-2H3,(H,21,26)(H2,22,23,27)/t14?,16-/m0/s1. The highest BCUT2D eigenvalue weighted by Gasteiger charge is 2.28. The van der Waals surface area contributed by atoms with E-state index in [9.17, 15) is 18.8 Å². The molecule has 1 heterocycles. The Bertz CT molecular complexity index is 680. The molecule has 0 aliphatic carbocycles. The van der Waals surface area contributed by atoms with Gasteiger partial charge < -0.3 is 26.6 Å². The molecule has 0 saturated carbocycles. The molecular weight excluding hydrogens is 353 g/mol. The summed E-state index contributed by atoms with van der Waals surface area (Å²) >= 11 is 0. The summed E-state index contributed by atoms with van der Waals surface area (Å²) in [5.74, 6) is -0.971. The van der Waals surface area contributed by atoms with Crippen molar-refractivity contribution in [3.05, 3.63) is 30.1 Å². The van der Waals surface area contributed by atoms with Gasteiger partial charge in [-0.05, 0) is 36.6 Å². The van der Waals surface area contributed by atoms with Crippen LogP contribution in [0.25, 0.3) is 0 Å². The van der Waals surface area contributed by atoms with Crippen molar-refractivity contribution in [2.45, 2.75) is 32.4 Å². The van der Waals surface area contributed by atoms with E-state index in [0.717, 1.165) is 0 Å². The molecule has 5 N–H and O–H groups in total. The molecule has 4 amide bonds. The molecule has 2 rings (SSSR count). The second-order valence-electron chi connectivity index (χ2n) is 6.92. The van der Waals surface area contributed by atoms with Crippen LogP contribution in [0.4, 0.5) is 14.9 Å². The molecule has 1 unspecified atom stereocenters. The fourth-order valence-corrected chi connectivity index (χ4v) is 2.69. The van der Waals surface area contributed by atoms with Crippen LogP contribution in [0, 0.1) is 11.7 Å². The molecule has 27 heavy (non-hydrogen) atoms. The minimum absolute atomic E-state index is 0.0138. The van der Waals surface area contributed by atoms with Crippen LogP contribution in [0.2, 0.25) is 0 Å². The van der Waals surface area contributed by atoms with Crippen molar-refractivity contribution in [3.8, 4) is 0 Å². The second kappa shape index (κ2) is 9.31. The van der Waals surface area contributed by atoms with Crippen molar-refractivity contribution in [2.75, 3.05) is 25.0 Å². The van der Waals surface area contributed by atoms with Gasteiger partial charge in [-0.25, -0.2) is 9.18 Å². The number of hydrogen-bond acceptors (Lipinski definition) is 4. The molecule has 0 spiro atoms. The van der Waals surface area contributed by atoms with Gasteiger partial charge in [-0.15, -0.1) is 0 Å². The van der Waals surface area contributed by atoms with Crippen molar-refractivity contribution in [3.63, 3.8) is 0 Å². The van der Waals surface area contributed by atoms with Crippen molar-refractivity contribution < 1.29 is 18.8 Å². The molecule has 0 aromatic heterocycles. The summed E-state index contributed by atoms with van der Waals surface area (Å²) in [6.45, 7) is 4.40. The first-order valence-electron chi connectivity index (χ1n) is 8.90. The summed E-state index contributed by atoms with van der Waals surface area (Å²) in [5, 5.41) is 7.94. The first kappa shape index (κ1) is 20.6. The predicted molar refractivity (Wildman–Crippen MR) is 99.4 cm³/mol. The number of hydrogen-bond donors (Lipinski definition) is 4. The molecule has 2 atom stereocenters. The van der Waals surface area contributed by atoms with Crippen LogP contribution in [0.3, 0.4) is 0 Å². The first-order chi connectivity index (χ1) is 12.8. The van der Waals surface area contributed by atoms with Crippen LogP contribution in [-0.2, 0) is 9.59 Å². The van der Waals surface area contributed by atoms with E-state index in [2.05, 4.69) is 16.0 Å². The van der Waals surface area contributed by atoms with Gasteiger partial charge in [0.25, 0.3) is 0 Å². The number of carbonyl (C=O) groups is 3. The third-order valence-corrected chi connectivity index (χ3v) is 4.41. The van der Waals surface area contributed by atoms with Crippen molar-refractivity contribution in [1.29, 1.82) is 0 Å². The number of carbonyl (C=O) groups excluding carboxylic acids is 3. The second-order valence-corrected chi connectivity index (χ2v) is 6.92. The van der Waals surface area contributed by atoms with Crippen LogP contribution in [0.15, 0.2) is 24.3 Å². The topological polar surface area (TPSA) is 117 Å². The minimum atomic E-state index is -0.652. The number of nitrogens with one attached hydrogen (secondary N) is 3. The monoisotopic (exact) mass is 379 g/mol. The van der Waals surface area contributed by atoms with Gasteiger partial charge in [0, 0.05) is 24.8 Å². The maximum Gasteiger partial charge on any atom is 0.319 e. The van der Waals surface area contributed by atoms with E-state index in [0.29, 0.717) is 25.2 Å². The largest absolute Gasteiger partial charge is 0.346 e. The Kier molecular flexibility index (Phi) is 7.12. The summed E-state index contributed by atoms with van der Waals surface area (Å²) < 4.78 is 12.9. The van der Waals surface area contributed by atoms with E-state index >= 15 is 0 Å². The normalized spacial score (nSPS) is 17.5. The van der Waals surface area contributed by atoms with Crippen LogP contribution in [-0.4, -0.2) is 54.5 Å². The fraction of sp³-hybridized carbons (Fsp3) is 0.500. The minimum Gasteiger partial charge on any atom is -0.346 e. The van der Waals surface area contributed by atoms with Gasteiger partial charge in [0.1, 0.15) is 5.82 Å². The Balaban J connectivity index is 1.73. The highest BCUT2D eigenvalue weighted by molar-refractivity contribution is 5.90. The third-order valence-electron chi connectivity index (χ3n) is 4.41. The zero-order valence-electron chi connectivity index (χ0n) is 15.5. The molecular formula is C18H26FN5O3. The lowest BCUT2D eigenvalue weighted by molar-refractivity contribution is -0.132. The number of nitrogens with two attached hydrogens (primary N) is 1. The number of nitrogens with zero attached hydrogens (tertiary/aromatic N) is 1. The number of amides is 4. The summed E-state index contributed by atoms with van der Waals surface area (Å²) in [5.41, 5.74) is 6.21. The van der Waals surface area contributed by atoms with Crippen LogP contribution < -0.4 is 21.7 Å². The van der Waals surface area contributed by atoms with Gasteiger partial charge in [-0.1, -0.05) is 13.8 Å². The smallest absolute Gasteiger partial charge is 0.319 e. The summed E-state index contributed by atoms with van der Waals surface area (Å²) in [7, 11) is 0. The van der Waals surface area contributed by atoms with Gasteiger partial charge in [-0.2, -0.15) is 0 Å². The van der Waals surface area contributed by atoms with E-state index in [-0.39, 0.29) is 36.1 Å². The van der Waals surface area contributed by atoms with Crippen molar-refractivity contribution in [1.82, 2.24) is 15.5 Å². The zero-order valence-corrected chi connectivity index (χ0v) is 15.5. The molecule has 8 nitrogen and oxygen atoms in total. The van der Waals surface area contributed by atoms with Crippen LogP contribution in [0.5, 0.6) is 0 Å². The number of urea groups is 1. The first-order valence-corrected chi connectivity index (χ1v) is 8.90. The fourth-order valence-electron chi connectivity index (χ4n) is 2.69. The van der Waals surface area contributed by atoms with E-state index in [4.69, 9.17) is 5.73 Å². The van der Waals surface area contributed by atoms with E-state index in [1.54, 1.807) is 4.90 Å². The Morgan fingerprint density at radius 2 is 1.93 bits per heavy atom.